The molecule has 20 heavy (non-hydrogen) atoms. The molecule has 0 saturated carbocycles. The second-order valence-electron chi connectivity index (χ2n) is 4.35. The molecule has 0 atom stereocenters. The van der Waals surface area contributed by atoms with Crippen molar-refractivity contribution in [1.29, 1.82) is 0 Å². The van der Waals surface area contributed by atoms with Crippen LogP contribution in [0.3, 0.4) is 0 Å². The summed E-state index contributed by atoms with van der Waals surface area (Å²) in [6, 6.07) is 10.8. The second kappa shape index (κ2) is 5.42. The molecule has 1 aromatic heterocycles. The summed E-state index contributed by atoms with van der Waals surface area (Å²) in [6.07, 6.45) is 0. The van der Waals surface area contributed by atoms with Crippen molar-refractivity contribution in [1.82, 2.24) is 0 Å². The number of hydrogen-bond donors (Lipinski definition) is 1. The number of fused-ring (bicyclic) bond motifs is 1. The predicted octanol–water partition coefficient (Wildman–Crippen LogP) is 4.96. The van der Waals surface area contributed by atoms with Crippen molar-refractivity contribution in [3.8, 4) is 5.75 Å². The standard InChI is InChI=1S/C15H11BrFNOS/c16-12-5-10(17)6-13(18)15(12)19-7-9-8-20-14-4-2-1-3-11(9)14/h1-6,8H,7,18H2. The van der Waals surface area contributed by atoms with Crippen molar-refractivity contribution in [2.24, 2.45) is 0 Å². The van der Waals surface area contributed by atoms with Crippen molar-refractivity contribution in [2.75, 3.05) is 5.73 Å². The van der Waals surface area contributed by atoms with Crippen molar-refractivity contribution >= 4 is 43.0 Å². The largest absolute Gasteiger partial charge is 0.485 e. The molecule has 0 radical (unpaired) electrons. The number of thiophene rings is 1. The third-order valence-electron chi connectivity index (χ3n) is 2.97. The Balaban J connectivity index is 1.87. The van der Waals surface area contributed by atoms with E-state index in [0.717, 1.165) is 5.56 Å². The van der Waals surface area contributed by atoms with Crippen LogP contribution >= 0.6 is 27.3 Å². The number of ether oxygens (including phenoxy) is 1. The van der Waals surface area contributed by atoms with E-state index in [0.29, 0.717) is 16.8 Å². The lowest BCUT2D eigenvalue weighted by molar-refractivity contribution is 0.307. The molecule has 2 N–H and O–H groups in total. The van der Waals surface area contributed by atoms with Gasteiger partial charge in [-0.3, -0.25) is 0 Å². The van der Waals surface area contributed by atoms with E-state index in [4.69, 9.17) is 10.5 Å². The Kier molecular flexibility index (Phi) is 3.63. The van der Waals surface area contributed by atoms with E-state index in [2.05, 4.69) is 33.4 Å². The second-order valence-corrected chi connectivity index (χ2v) is 6.12. The fourth-order valence-corrected chi connectivity index (χ4v) is 3.54. The molecule has 0 unspecified atom stereocenters. The van der Waals surface area contributed by atoms with Crippen LogP contribution in [0.1, 0.15) is 5.56 Å². The van der Waals surface area contributed by atoms with Gasteiger partial charge in [0.1, 0.15) is 12.4 Å². The summed E-state index contributed by atoms with van der Waals surface area (Å²) in [4.78, 5) is 0. The molecule has 2 aromatic carbocycles. The van der Waals surface area contributed by atoms with Crippen LogP contribution in [0.5, 0.6) is 5.75 Å². The first-order valence-electron chi connectivity index (χ1n) is 5.97. The van der Waals surface area contributed by atoms with Crippen LogP contribution in [0.25, 0.3) is 10.1 Å². The number of anilines is 1. The lowest BCUT2D eigenvalue weighted by atomic mass is 10.2. The van der Waals surface area contributed by atoms with Gasteiger partial charge in [0.05, 0.1) is 10.2 Å². The summed E-state index contributed by atoms with van der Waals surface area (Å²) in [5.41, 5.74) is 7.17. The number of nitrogen functional groups attached to an aromatic ring is 1. The fraction of sp³-hybridized carbons (Fsp3) is 0.0667. The van der Waals surface area contributed by atoms with E-state index >= 15 is 0 Å². The minimum absolute atomic E-state index is 0.288. The van der Waals surface area contributed by atoms with E-state index in [9.17, 15) is 4.39 Å². The molecule has 1 heterocycles. The first-order valence-corrected chi connectivity index (χ1v) is 7.65. The van der Waals surface area contributed by atoms with Crippen LogP contribution in [0.2, 0.25) is 0 Å². The molecule has 5 heteroatoms. The molecule has 0 aliphatic carbocycles. The third kappa shape index (κ3) is 2.51. The zero-order valence-corrected chi connectivity index (χ0v) is 12.8. The fourth-order valence-electron chi connectivity index (χ4n) is 2.03. The van der Waals surface area contributed by atoms with Crippen LogP contribution in [-0.2, 0) is 6.61 Å². The average molecular weight is 352 g/mol. The highest BCUT2D eigenvalue weighted by atomic mass is 79.9. The molecule has 2 nitrogen and oxygen atoms in total. The third-order valence-corrected chi connectivity index (χ3v) is 4.57. The molecular formula is C15H11BrFNOS. The van der Waals surface area contributed by atoms with Gasteiger partial charge >= 0.3 is 0 Å². The zero-order valence-electron chi connectivity index (χ0n) is 10.4. The van der Waals surface area contributed by atoms with Gasteiger partial charge in [-0.25, -0.2) is 4.39 Å². The lowest BCUT2D eigenvalue weighted by Crippen LogP contribution is -1.99. The van der Waals surface area contributed by atoms with Gasteiger partial charge in [-0.05, 0) is 38.8 Å². The van der Waals surface area contributed by atoms with Gasteiger partial charge in [-0.1, -0.05) is 18.2 Å². The van der Waals surface area contributed by atoms with Gasteiger partial charge in [0.25, 0.3) is 0 Å². The molecule has 0 fully saturated rings. The summed E-state index contributed by atoms with van der Waals surface area (Å²) in [5.74, 6) is 0.0874. The number of halogens is 2. The average Bonchev–Trinajstić information content (AvgIpc) is 2.81. The molecule has 102 valence electrons. The Morgan fingerprint density at radius 3 is 2.85 bits per heavy atom. The topological polar surface area (TPSA) is 35.2 Å². The van der Waals surface area contributed by atoms with Gasteiger partial charge in [-0.15, -0.1) is 11.3 Å². The number of hydrogen-bond acceptors (Lipinski definition) is 3. The molecule has 3 rings (SSSR count). The summed E-state index contributed by atoms with van der Waals surface area (Å²) in [7, 11) is 0. The SMILES string of the molecule is Nc1cc(F)cc(Br)c1OCc1csc2ccccc12. The Morgan fingerprint density at radius 2 is 2.05 bits per heavy atom. The van der Waals surface area contributed by atoms with Crippen LogP contribution in [0.15, 0.2) is 46.3 Å². The quantitative estimate of drug-likeness (QED) is 0.676. The maximum absolute atomic E-state index is 13.2. The monoisotopic (exact) mass is 351 g/mol. The molecule has 3 aromatic rings. The Hall–Kier alpha value is -1.59. The molecule has 0 amide bonds. The number of nitrogens with two attached hydrogens (primary N) is 1. The summed E-state index contributed by atoms with van der Waals surface area (Å²) >= 11 is 4.95. The van der Waals surface area contributed by atoms with E-state index < -0.39 is 0 Å². The smallest absolute Gasteiger partial charge is 0.157 e. The highest BCUT2D eigenvalue weighted by molar-refractivity contribution is 9.10. The summed E-state index contributed by atoms with van der Waals surface area (Å²) in [5, 5.41) is 3.24. The molecule has 0 spiro atoms. The Morgan fingerprint density at radius 1 is 1.25 bits per heavy atom. The lowest BCUT2D eigenvalue weighted by Gasteiger charge is -2.10. The van der Waals surface area contributed by atoms with Gasteiger partial charge in [-0.2, -0.15) is 0 Å². The highest BCUT2D eigenvalue weighted by Crippen LogP contribution is 2.34. The highest BCUT2D eigenvalue weighted by Gasteiger charge is 2.10. The number of rotatable bonds is 3. The van der Waals surface area contributed by atoms with Gasteiger partial charge < -0.3 is 10.5 Å². The Bertz CT molecular complexity index is 748. The minimum Gasteiger partial charge on any atom is -0.485 e. The summed E-state index contributed by atoms with van der Waals surface area (Å²) in [6.45, 7) is 0.401. The first kappa shape index (κ1) is 13.4. The maximum Gasteiger partial charge on any atom is 0.157 e. The van der Waals surface area contributed by atoms with E-state index in [1.807, 2.05) is 12.1 Å². The van der Waals surface area contributed by atoms with Crippen molar-refractivity contribution in [3.63, 3.8) is 0 Å². The van der Waals surface area contributed by atoms with Crippen LogP contribution in [-0.4, -0.2) is 0 Å². The van der Waals surface area contributed by atoms with Crippen molar-refractivity contribution in [3.05, 3.63) is 57.6 Å². The van der Waals surface area contributed by atoms with Crippen LogP contribution < -0.4 is 10.5 Å². The zero-order chi connectivity index (χ0) is 14.1. The molecule has 0 aliphatic heterocycles. The normalized spacial score (nSPS) is 10.9. The van der Waals surface area contributed by atoms with Crippen molar-refractivity contribution in [2.45, 2.75) is 6.61 Å². The van der Waals surface area contributed by atoms with E-state index in [1.165, 1.54) is 22.2 Å². The Labute approximate surface area is 128 Å². The number of benzene rings is 2. The molecule has 0 saturated heterocycles. The molecule has 0 aliphatic rings. The van der Waals surface area contributed by atoms with Gasteiger partial charge in [0, 0.05) is 16.3 Å². The van der Waals surface area contributed by atoms with E-state index in [1.54, 1.807) is 11.3 Å². The van der Waals surface area contributed by atoms with Gasteiger partial charge in [0.15, 0.2) is 5.75 Å². The van der Waals surface area contributed by atoms with Gasteiger partial charge in [0.2, 0.25) is 0 Å². The first-order chi connectivity index (χ1) is 9.65. The van der Waals surface area contributed by atoms with Crippen LogP contribution in [0, 0.1) is 5.82 Å². The maximum atomic E-state index is 13.2. The summed E-state index contributed by atoms with van der Waals surface area (Å²) < 4.78 is 20.7. The molecular weight excluding hydrogens is 341 g/mol. The van der Waals surface area contributed by atoms with Crippen molar-refractivity contribution < 1.29 is 9.13 Å². The predicted molar refractivity (Wildman–Crippen MR) is 84.7 cm³/mol. The minimum atomic E-state index is -0.386. The van der Waals surface area contributed by atoms with Crippen LogP contribution in [0.4, 0.5) is 10.1 Å². The van der Waals surface area contributed by atoms with E-state index in [-0.39, 0.29) is 11.5 Å². The molecule has 0 bridgehead atoms.